The third-order valence-electron chi connectivity index (χ3n) is 2.19. The molecule has 3 heteroatoms. The Morgan fingerprint density at radius 1 is 1.40 bits per heavy atom. The maximum atomic E-state index is 10.8. The molecule has 0 unspecified atom stereocenters. The van der Waals surface area contributed by atoms with Gasteiger partial charge in [0, 0.05) is 12.3 Å². The summed E-state index contributed by atoms with van der Waals surface area (Å²) in [6.45, 7) is 3.18. The van der Waals surface area contributed by atoms with Crippen LogP contribution in [0.3, 0.4) is 0 Å². The lowest BCUT2D eigenvalue weighted by Crippen LogP contribution is -2.03. The minimum Gasteiger partial charge on any atom is -0.457 e. The number of esters is 1. The van der Waals surface area contributed by atoms with Crippen molar-refractivity contribution in [3.63, 3.8) is 0 Å². The Hall–Kier alpha value is -1.77. The standard InChI is InChI=1S/C12H12O3/c1-8(14-9(2)13)12-7-10-5-3-4-6-11(10)15-12/h3-8H,1-2H3/t8-/m1/s1. The summed E-state index contributed by atoms with van der Waals surface area (Å²) in [6, 6.07) is 9.59. The number of para-hydroxylation sites is 1. The first-order valence-electron chi connectivity index (χ1n) is 4.82. The fourth-order valence-corrected chi connectivity index (χ4v) is 1.51. The highest BCUT2D eigenvalue weighted by Gasteiger charge is 2.13. The molecule has 2 aromatic rings. The highest BCUT2D eigenvalue weighted by atomic mass is 16.5. The van der Waals surface area contributed by atoms with E-state index in [-0.39, 0.29) is 12.1 Å². The van der Waals surface area contributed by atoms with E-state index in [0.29, 0.717) is 5.76 Å². The lowest BCUT2D eigenvalue weighted by molar-refractivity contribution is -0.146. The van der Waals surface area contributed by atoms with Gasteiger partial charge in [-0.05, 0) is 19.1 Å². The van der Waals surface area contributed by atoms with Crippen molar-refractivity contribution >= 4 is 16.9 Å². The second-order valence-electron chi connectivity index (χ2n) is 3.44. The molecule has 0 saturated heterocycles. The fraction of sp³-hybridized carbons (Fsp3) is 0.250. The molecular formula is C12H12O3. The van der Waals surface area contributed by atoms with E-state index in [0.717, 1.165) is 11.0 Å². The maximum absolute atomic E-state index is 10.8. The molecule has 0 fully saturated rings. The zero-order chi connectivity index (χ0) is 10.8. The van der Waals surface area contributed by atoms with Crippen molar-refractivity contribution in [3.05, 3.63) is 36.1 Å². The van der Waals surface area contributed by atoms with Crippen molar-refractivity contribution in [2.24, 2.45) is 0 Å². The van der Waals surface area contributed by atoms with Crippen LogP contribution in [0.4, 0.5) is 0 Å². The Morgan fingerprint density at radius 3 is 2.80 bits per heavy atom. The van der Waals surface area contributed by atoms with Crippen LogP contribution in [0.2, 0.25) is 0 Å². The Balaban J connectivity index is 2.32. The van der Waals surface area contributed by atoms with Crippen molar-refractivity contribution in [1.29, 1.82) is 0 Å². The summed E-state index contributed by atoms with van der Waals surface area (Å²) in [6.07, 6.45) is -0.338. The van der Waals surface area contributed by atoms with Gasteiger partial charge < -0.3 is 9.15 Å². The predicted octanol–water partition coefficient (Wildman–Crippen LogP) is 3.06. The number of ether oxygens (including phenoxy) is 1. The lowest BCUT2D eigenvalue weighted by atomic mass is 10.2. The van der Waals surface area contributed by atoms with E-state index in [1.807, 2.05) is 30.3 Å². The van der Waals surface area contributed by atoms with Gasteiger partial charge in [0.05, 0.1) is 0 Å². The molecule has 0 aliphatic carbocycles. The van der Waals surface area contributed by atoms with Crippen LogP contribution in [0.25, 0.3) is 11.0 Å². The first-order valence-corrected chi connectivity index (χ1v) is 4.82. The molecule has 1 atom stereocenters. The molecule has 1 aromatic heterocycles. The summed E-state index contributed by atoms with van der Waals surface area (Å²) in [5.74, 6) is 0.370. The molecule has 0 bridgehead atoms. The molecule has 0 spiro atoms. The highest BCUT2D eigenvalue weighted by Crippen LogP contribution is 2.25. The first kappa shape index (κ1) is 9.77. The second-order valence-corrected chi connectivity index (χ2v) is 3.44. The smallest absolute Gasteiger partial charge is 0.303 e. The maximum Gasteiger partial charge on any atom is 0.303 e. The van der Waals surface area contributed by atoms with Gasteiger partial charge >= 0.3 is 5.97 Å². The van der Waals surface area contributed by atoms with E-state index in [1.165, 1.54) is 6.92 Å². The first-order chi connectivity index (χ1) is 7.16. The highest BCUT2D eigenvalue weighted by molar-refractivity contribution is 5.77. The number of carbonyl (C=O) groups excluding carboxylic acids is 1. The molecule has 0 aliphatic heterocycles. The number of furan rings is 1. The van der Waals surface area contributed by atoms with Crippen LogP contribution in [0.5, 0.6) is 0 Å². The molecule has 0 saturated carbocycles. The molecule has 0 N–H and O–H groups in total. The summed E-state index contributed by atoms with van der Waals surface area (Å²) in [4.78, 5) is 10.8. The lowest BCUT2D eigenvalue weighted by Gasteiger charge is -2.07. The normalized spacial score (nSPS) is 12.7. The average molecular weight is 204 g/mol. The molecule has 1 aromatic carbocycles. The van der Waals surface area contributed by atoms with Crippen LogP contribution >= 0.6 is 0 Å². The second kappa shape index (κ2) is 3.77. The van der Waals surface area contributed by atoms with Crippen molar-refractivity contribution in [2.45, 2.75) is 20.0 Å². The van der Waals surface area contributed by atoms with Gasteiger partial charge in [-0.2, -0.15) is 0 Å². The van der Waals surface area contributed by atoms with Crippen LogP contribution in [-0.4, -0.2) is 5.97 Å². The molecule has 2 rings (SSSR count). The number of carbonyl (C=O) groups is 1. The zero-order valence-corrected chi connectivity index (χ0v) is 8.69. The molecule has 0 radical (unpaired) electrons. The number of hydrogen-bond acceptors (Lipinski definition) is 3. The average Bonchev–Trinajstić information content (AvgIpc) is 2.59. The monoisotopic (exact) mass is 204 g/mol. The van der Waals surface area contributed by atoms with Crippen molar-refractivity contribution in [2.75, 3.05) is 0 Å². The van der Waals surface area contributed by atoms with Gasteiger partial charge in [-0.25, -0.2) is 0 Å². The number of hydrogen-bond donors (Lipinski definition) is 0. The minimum absolute atomic E-state index is 0.303. The zero-order valence-electron chi connectivity index (χ0n) is 8.69. The quantitative estimate of drug-likeness (QED) is 0.706. The molecular weight excluding hydrogens is 192 g/mol. The Labute approximate surface area is 87.6 Å². The topological polar surface area (TPSA) is 39.4 Å². The third-order valence-corrected chi connectivity index (χ3v) is 2.19. The van der Waals surface area contributed by atoms with Gasteiger partial charge in [-0.15, -0.1) is 0 Å². The number of fused-ring (bicyclic) bond motifs is 1. The van der Waals surface area contributed by atoms with Crippen LogP contribution in [0.1, 0.15) is 25.7 Å². The van der Waals surface area contributed by atoms with Gasteiger partial charge in [0.15, 0.2) is 6.10 Å². The van der Waals surface area contributed by atoms with Crippen molar-refractivity contribution in [3.8, 4) is 0 Å². The van der Waals surface area contributed by atoms with E-state index >= 15 is 0 Å². The van der Waals surface area contributed by atoms with Gasteiger partial charge in [0.25, 0.3) is 0 Å². The molecule has 15 heavy (non-hydrogen) atoms. The minimum atomic E-state index is -0.338. The summed E-state index contributed by atoms with van der Waals surface area (Å²) < 4.78 is 10.6. The Bertz CT molecular complexity index is 451. The van der Waals surface area contributed by atoms with E-state index in [4.69, 9.17) is 9.15 Å². The van der Waals surface area contributed by atoms with Gasteiger partial charge in [-0.3, -0.25) is 4.79 Å². The SMILES string of the molecule is CC(=O)O[C@H](C)c1cc2ccccc2o1. The number of rotatable bonds is 2. The van der Waals surface area contributed by atoms with Crippen LogP contribution in [0.15, 0.2) is 34.7 Å². The van der Waals surface area contributed by atoms with Crippen LogP contribution in [0, 0.1) is 0 Å². The Morgan fingerprint density at radius 2 is 2.13 bits per heavy atom. The fourth-order valence-electron chi connectivity index (χ4n) is 1.51. The van der Waals surface area contributed by atoms with E-state index < -0.39 is 0 Å². The molecule has 78 valence electrons. The summed E-state index contributed by atoms with van der Waals surface area (Å²) in [5, 5.41) is 1.02. The molecule has 3 nitrogen and oxygen atoms in total. The van der Waals surface area contributed by atoms with E-state index in [2.05, 4.69) is 0 Å². The van der Waals surface area contributed by atoms with Gasteiger partial charge in [-0.1, -0.05) is 18.2 Å². The summed E-state index contributed by atoms with van der Waals surface area (Å²) in [7, 11) is 0. The summed E-state index contributed by atoms with van der Waals surface area (Å²) in [5.41, 5.74) is 0.812. The third kappa shape index (κ3) is 2.01. The molecule has 0 amide bonds. The molecule has 1 heterocycles. The van der Waals surface area contributed by atoms with E-state index in [9.17, 15) is 4.79 Å². The van der Waals surface area contributed by atoms with Gasteiger partial charge in [0.2, 0.25) is 0 Å². The summed E-state index contributed by atoms with van der Waals surface area (Å²) >= 11 is 0. The van der Waals surface area contributed by atoms with E-state index in [1.54, 1.807) is 6.92 Å². The Kier molecular flexibility index (Phi) is 2.46. The van der Waals surface area contributed by atoms with Crippen molar-refractivity contribution in [1.82, 2.24) is 0 Å². The van der Waals surface area contributed by atoms with Crippen LogP contribution in [-0.2, 0) is 9.53 Å². The predicted molar refractivity (Wildman–Crippen MR) is 56.4 cm³/mol. The van der Waals surface area contributed by atoms with Crippen molar-refractivity contribution < 1.29 is 13.9 Å². The largest absolute Gasteiger partial charge is 0.457 e. The van der Waals surface area contributed by atoms with Gasteiger partial charge in [0.1, 0.15) is 11.3 Å². The number of benzene rings is 1. The van der Waals surface area contributed by atoms with Crippen LogP contribution < -0.4 is 0 Å². The molecule has 0 aliphatic rings.